The van der Waals surface area contributed by atoms with Crippen LogP contribution in [0.3, 0.4) is 0 Å². The minimum absolute atomic E-state index is 0.0676. The third-order valence-electron chi connectivity index (χ3n) is 5.92. The van der Waals surface area contributed by atoms with Crippen molar-refractivity contribution in [3.63, 3.8) is 0 Å². The van der Waals surface area contributed by atoms with Gasteiger partial charge in [-0.1, -0.05) is 29.5 Å². The predicted octanol–water partition coefficient (Wildman–Crippen LogP) is 3.70. The number of benzene rings is 2. The number of ether oxygens (including phenoxy) is 1. The van der Waals surface area contributed by atoms with Crippen LogP contribution in [0.5, 0.6) is 5.75 Å². The van der Waals surface area contributed by atoms with Crippen molar-refractivity contribution in [1.29, 1.82) is 0 Å². The van der Waals surface area contributed by atoms with Gasteiger partial charge in [0, 0.05) is 38.3 Å². The summed E-state index contributed by atoms with van der Waals surface area (Å²) in [6.07, 6.45) is 1.40. The van der Waals surface area contributed by atoms with E-state index in [0.717, 1.165) is 43.7 Å². The fourth-order valence-electron chi connectivity index (χ4n) is 4.19. The second kappa shape index (κ2) is 10.5. The second-order valence-corrected chi connectivity index (χ2v) is 11.9. The fraction of sp³-hybridized carbons (Fsp3) is 0.400. The number of sulfonamides is 1. The molecule has 0 radical (unpaired) electrons. The lowest BCUT2D eigenvalue weighted by Gasteiger charge is -2.16. The molecule has 1 atom stereocenters. The average Bonchev–Trinajstić information content (AvgIpc) is 3.46. The predicted molar refractivity (Wildman–Crippen MR) is 143 cm³/mol. The Morgan fingerprint density at radius 1 is 1.19 bits per heavy atom. The largest absolute Gasteiger partial charge is 0.489 e. The number of nitrogens with zero attached hydrogens (tertiary/aromatic N) is 3. The minimum atomic E-state index is -3.76. The molecule has 0 saturated carbocycles. The van der Waals surface area contributed by atoms with Gasteiger partial charge in [0.2, 0.25) is 15.9 Å². The van der Waals surface area contributed by atoms with Crippen molar-refractivity contribution in [1.82, 2.24) is 19.8 Å². The highest BCUT2D eigenvalue weighted by molar-refractivity contribution is 7.90. The SMILES string of the molecule is CNc1cc(-c2nnc(-c3cccc4c3CC[C@@H]4NS(=O)(=O)CC(=O)N(C)C)s2)ccc1OC(C)C. The highest BCUT2D eigenvalue weighted by Gasteiger charge is 2.30. The Balaban J connectivity index is 1.58. The summed E-state index contributed by atoms with van der Waals surface area (Å²) < 4.78 is 33.7. The van der Waals surface area contributed by atoms with Crippen molar-refractivity contribution in [3.05, 3.63) is 47.5 Å². The topological polar surface area (TPSA) is 114 Å². The van der Waals surface area contributed by atoms with Crippen LogP contribution in [0.2, 0.25) is 0 Å². The Morgan fingerprint density at radius 3 is 2.64 bits per heavy atom. The first-order valence-electron chi connectivity index (χ1n) is 11.7. The molecule has 9 nitrogen and oxygen atoms in total. The van der Waals surface area contributed by atoms with Crippen LogP contribution >= 0.6 is 11.3 Å². The number of hydrogen-bond donors (Lipinski definition) is 2. The van der Waals surface area contributed by atoms with Crippen LogP contribution in [0.25, 0.3) is 21.1 Å². The van der Waals surface area contributed by atoms with Crippen LogP contribution in [-0.4, -0.2) is 62.4 Å². The molecule has 0 aliphatic heterocycles. The summed E-state index contributed by atoms with van der Waals surface area (Å²) in [6, 6.07) is 11.4. The van der Waals surface area contributed by atoms with Crippen molar-refractivity contribution in [2.45, 2.75) is 38.8 Å². The Kier molecular flexibility index (Phi) is 7.62. The fourth-order valence-corrected chi connectivity index (χ4v) is 6.43. The lowest BCUT2D eigenvalue weighted by atomic mass is 10.0. The van der Waals surface area contributed by atoms with Crippen LogP contribution in [0, 0.1) is 0 Å². The van der Waals surface area contributed by atoms with Crippen LogP contribution in [0.1, 0.15) is 37.4 Å². The number of hydrogen-bond acceptors (Lipinski definition) is 8. The molecule has 192 valence electrons. The second-order valence-electron chi connectivity index (χ2n) is 9.17. The monoisotopic (exact) mass is 529 g/mol. The molecule has 0 saturated heterocycles. The van der Waals surface area contributed by atoms with Gasteiger partial charge in [0.25, 0.3) is 0 Å². The van der Waals surface area contributed by atoms with E-state index >= 15 is 0 Å². The van der Waals surface area contributed by atoms with Crippen molar-refractivity contribution in [3.8, 4) is 26.9 Å². The molecule has 1 heterocycles. The van der Waals surface area contributed by atoms with Gasteiger partial charge in [-0.25, -0.2) is 13.1 Å². The summed E-state index contributed by atoms with van der Waals surface area (Å²) in [5.41, 5.74) is 4.74. The third-order valence-corrected chi connectivity index (χ3v) is 8.19. The van der Waals surface area contributed by atoms with Gasteiger partial charge in [0.05, 0.1) is 11.8 Å². The van der Waals surface area contributed by atoms with Gasteiger partial charge < -0.3 is 15.0 Å². The van der Waals surface area contributed by atoms with E-state index in [1.165, 1.54) is 16.2 Å². The summed E-state index contributed by atoms with van der Waals surface area (Å²) in [7, 11) is 1.17. The Labute approximate surface area is 215 Å². The van der Waals surface area contributed by atoms with E-state index in [4.69, 9.17) is 4.74 Å². The molecular formula is C25H31N5O4S2. The molecule has 1 aliphatic rings. The molecule has 0 spiro atoms. The quantitative estimate of drug-likeness (QED) is 0.435. The van der Waals surface area contributed by atoms with E-state index in [0.29, 0.717) is 12.8 Å². The van der Waals surface area contributed by atoms with Gasteiger partial charge in [0.1, 0.15) is 21.5 Å². The van der Waals surface area contributed by atoms with E-state index in [-0.39, 0.29) is 12.1 Å². The summed E-state index contributed by atoms with van der Waals surface area (Å²) in [5, 5.41) is 13.6. The van der Waals surface area contributed by atoms with Crippen LogP contribution in [-0.2, 0) is 21.2 Å². The van der Waals surface area contributed by atoms with Crippen LogP contribution < -0.4 is 14.8 Å². The minimum Gasteiger partial charge on any atom is -0.489 e. The maximum Gasteiger partial charge on any atom is 0.238 e. The van der Waals surface area contributed by atoms with E-state index in [1.54, 1.807) is 14.1 Å². The highest BCUT2D eigenvalue weighted by Crippen LogP contribution is 2.41. The Bertz CT molecular complexity index is 1370. The molecule has 0 bridgehead atoms. The maximum absolute atomic E-state index is 12.6. The molecular weight excluding hydrogens is 498 g/mol. The van der Waals surface area contributed by atoms with Gasteiger partial charge >= 0.3 is 0 Å². The normalized spacial score (nSPS) is 15.1. The van der Waals surface area contributed by atoms with Gasteiger partial charge in [0.15, 0.2) is 0 Å². The van der Waals surface area contributed by atoms with E-state index in [9.17, 15) is 13.2 Å². The van der Waals surface area contributed by atoms with Gasteiger partial charge in [-0.05, 0) is 56.0 Å². The smallest absolute Gasteiger partial charge is 0.238 e. The molecule has 0 unspecified atom stereocenters. The molecule has 3 aromatic rings. The summed E-state index contributed by atoms with van der Waals surface area (Å²) >= 11 is 1.49. The lowest BCUT2D eigenvalue weighted by Crippen LogP contribution is -2.37. The highest BCUT2D eigenvalue weighted by atomic mass is 32.2. The van der Waals surface area contributed by atoms with Gasteiger partial charge in [-0.3, -0.25) is 4.79 Å². The van der Waals surface area contributed by atoms with Crippen molar-refractivity contribution in [2.75, 3.05) is 32.2 Å². The Morgan fingerprint density at radius 2 is 1.94 bits per heavy atom. The number of amides is 1. The standard InChI is InChI=1S/C25H31N5O4S2/c1-15(2)34-22-12-9-16(13-21(22)26-3)24-27-28-25(35-24)19-8-6-7-18-17(19)10-11-20(18)29-36(32,33)14-23(31)30(4)5/h6-9,12-13,15,20,26,29H,10-11,14H2,1-5H3/t20-/m0/s1. The van der Waals surface area contributed by atoms with Gasteiger partial charge in [-0.15, -0.1) is 10.2 Å². The number of nitrogens with one attached hydrogen (secondary N) is 2. The maximum atomic E-state index is 12.6. The van der Waals surface area contributed by atoms with Crippen molar-refractivity contribution >= 4 is 33.0 Å². The first kappa shape index (κ1) is 26.1. The molecule has 0 fully saturated rings. The number of anilines is 1. The zero-order valence-electron chi connectivity index (χ0n) is 21.0. The van der Waals surface area contributed by atoms with Gasteiger partial charge in [-0.2, -0.15) is 0 Å². The molecule has 4 rings (SSSR count). The first-order valence-corrected chi connectivity index (χ1v) is 14.2. The summed E-state index contributed by atoms with van der Waals surface area (Å²) in [6.45, 7) is 3.98. The van der Waals surface area contributed by atoms with Crippen LogP contribution in [0.15, 0.2) is 36.4 Å². The average molecular weight is 530 g/mol. The first-order chi connectivity index (χ1) is 17.1. The zero-order valence-corrected chi connectivity index (χ0v) is 22.7. The van der Waals surface area contributed by atoms with Crippen molar-refractivity contribution in [2.24, 2.45) is 0 Å². The third kappa shape index (κ3) is 5.69. The number of fused-ring (bicyclic) bond motifs is 1. The Hall–Kier alpha value is -3.02. The summed E-state index contributed by atoms with van der Waals surface area (Å²) in [5.74, 6) is -0.246. The number of carbonyl (C=O) groups is 1. The number of aromatic nitrogens is 2. The van der Waals surface area contributed by atoms with E-state index < -0.39 is 21.7 Å². The van der Waals surface area contributed by atoms with Crippen LogP contribution in [0.4, 0.5) is 5.69 Å². The molecule has 1 aliphatic carbocycles. The molecule has 2 N–H and O–H groups in total. The molecule has 11 heteroatoms. The van der Waals surface area contributed by atoms with Crippen molar-refractivity contribution < 1.29 is 17.9 Å². The summed E-state index contributed by atoms with van der Waals surface area (Å²) in [4.78, 5) is 13.2. The zero-order chi connectivity index (χ0) is 26.0. The molecule has 2 aromatic carbocycles. The number of rotatable bonds is 9. The lowest BCUT2D eigenvalue weighted by molar-refractivity contribution is -0.125. The number of carbonyl (C=O) groups excluding carboxylic acids is 1. The molecule has 1 aromatic heterocycles. The van der Waals surface area contributed by atoms with E-state index in [2.05, 4.69) is 20.2 Å². The molecule has 36 heavy (non-hydrogen) atoms. The van der Waals surface area contributed by atoms with E-state index in [1.807, 2.05) is 57.3 Å². The molecule has 1 amide bonds.